The monoisotopic (exact) mass is 365 g/mol. The Morgan fingerprint density at radius 1 is 1.30 bits per heavy atom. The topological polar surface area (TPSA) is 42.1 Å². The van der Waals surface area contributed by atoms with Crippen molar-refractivity contribution in [2.45, 2.75) is 12.0 Å². The second-order valence-corrected chi connectivity index (χ2v) is 7.47. The maximum Gasteiger partial charge on any atom is 0.117 e. The Morgan fingerprint density at radius 2 is 2.09 bits per heavy atom. The van der Waals surface area contributed by atoms with Crippen molar-refractivity contribution in [3.8, 4) is 11.3 Å². The van der Waals surface area contributed by atoms with E-state index in [0.29, 0.717) is 10.0 Å². The summed E-state index contributed by atoms with van der Waals surface area (Å²) in [6.45, 7) is 0. The summed E-state index contributed by atoms with van der Waals surface area (Å²) in [4.78, 5) is 6.77. The lowest BCUT2D eigenvalue weighted by molar-refractivity contribution is 0.495. The fourth-order valence-corrected chi connectivity index (χ4v) is 3.87. The number of hydrogen-bond acceptors (Lipinski definition) is 4. The molecule has 0 fully saturated rings. The van der Waals surface area contributed by atoms with Crippen LogP contribution in [0.3, 0.4) is 0 Å². The summed E-state index contributed by atoms with van der Waals surface area (Å²) in [5.41, 5.74) is 8.82. The zero-order chi connectivity index (χ0) is 16.6. The number of likely N-dealkylation sites (N-methyl/N-ethyl adjacent to an activating group) is 1. The Kier molecular flexibility index (Phi) is 4.52. The second kappa shape index (κ2) is 6.29. The largest absolute Gasteiger partial charge is 0.378 e. The van der Waals surface area contributed by atoms with Crippen LogP contribution < -0.4 is 5.73 Å². The van der Waals surface area contributed by atoms with E-state index in [-0.39, 0.29) is 0 Å². The van der Waals surface area contributed by atoms with Crippen LogP contribution in [-0.4, -0.2) is 24.0 Å². The van der Waals surface area contributed by atoms with Crippen molar-refractivity contribution >= 4 is 34.5 Å². The van der Waals surface area contributed by atoms with Gasteiger partial charge in [0.15, 0.2) is 0 Å². The number of allylic oxidation sites excluding steroid dienone is 1. The van der Waals surface area contributed by atoms with E-state index in [2.05, 4.69) is 11.0 Å². The van der Waals surface area contributed by atoms with Crippen LogP contribution in [0.15, 0.2) is 47.5 Å². The Balaban J connectivity index is 1.89. The van der Waals surface area contributed by atoms with Crippen molar-refractivity contribution in [2.24, 2.45) is 5.73 Å². The molecule has 1 atom stereocenters. The molecule has 0 amide bonds. The van der Waals surface area contributed by atoms with Gasteiger partial charge in [0.25, 0.3) is 0 Å². The first kappa shape index (κ1) is 16.5. The average molecular weight is 366 g/mol. The van der Waals surface area contributed by atoms with E-state index < -0.39 is 5.54 Å². The highest BCUT2D eigenvalue weighted by molar-refractivity contribution is 7.10. The van der Waals surface area contributed by atoms with Gasteiger partial charge in [-0.3, -0.25) is 0 Å². The molecule has 0 spiro atoms. The summed E-state index contributed by atoms with van der Waals surface area (Å²) in [5.74, 6) is 0. The molecule has 1 aromatic heterocycles. The summed E-state index contributed by atoms with van der Waals surface area (Å²) >= 11 is 13.8. The molecule has 2 aromatic rings. The molecule has 2 N–H and O–H groups in total. The fourth-order valence-electron chi connectivity index (χ4n) is 2.44. The third-order valence-electron chi connectivity index (χ3n) is 3.83. The maximum atomic E-state index is 6.54. The molecule has 0 radical (unpaired) electrons. The van der Waals surface area contributed by atoms with Crippen LogP contribution in [0.2, 0.25) is 10.0 Å². The molecule has 23 heavy (non-hydrogen) atoms. The number of aromatic nitrogens is 1. The van der Waals surface area contributed by atoms with Gasteiger partial charge in [0.05, 0.1) is 16.3 Å². The van der Waals surface area contributed by atoms with E-state index >= 15 is 0 Å². The normalized spacial score (nSPS) is 20.5. The molecule has 0 bridgehead atoms. The lowest BCUT2D eigenvalue weighted by atomic mass is 9.92. The van der Waals surface area contributed by atoms with Gasteiger partial charge in [0.1, 0.15) is 5.01 Å². The van der Waals surface area contributed by atoms with Gasteiger partial charge in [0, 0.05) is 35.8 Å². The standard InChI is InChI=1S/C17H17Cl2N3S/c1-22(2)12-5-7-17(20,8-6-12)16-21-15(10-23-16)13-4-3-11(18)9-14(13)19/h3-7,9-10H,8,20H2,1-2H3. The molecule has 1 heterocycles. The van der Waals surface area contributed by atoms with Crippen LogP contribution in [0.5, 0.6) is 0 Å². The maximum absolute atomic E-state index is 6.54. The van der Waals surface area contributed by atoms with Gasteiger partial charge in [-0.25, -0.2) is 4.98 Å². The van der Waals surface area contributed by atoms with Gasteiger partial charge in [-0.1, -0.05) is 35.4 Å². The van der Waals surface area contributed by atoms with E-state index in [1.54, 1.807) is 17.4 Å². The zero-order valence-corrected chi connectivity index (χ0v) is 15.2. The SMILES string of the molecule is CN(C)C1=CCC(N)(c2nc(-c3ccc(Cl)cc3Cl)cs2)C=C1. The number of nitrogens with zero attached hydrogens (tertiary/aromatic N) is 2. The molecule has 6 heteroatoms. The van der Waals surface area contributed by atoms with Crippen LogP contribution in [0.25, 0.3) is 11.3 Å². The van der Waals surface area contributed by atoms with Gasteiger partial charge in [-0.05, 0) is 30.7 Å². The van der Waals surface area contributed by atoms with Crippen molar-refractivity contribution in [2.75, 3.05) is 14.1 Å². The number of benzene rings is 1. The number of nitrogens with two attached hydrogens (primary N) is 1. The highest BCUT2D eigenvalue weighted by Crippen LogP contribution is 2.36. The quantitative estimate of drug-likeness (QED) is 0.858. The summed E-state index contributed by atoms with van der Waals surface area (Å²) in [7, 11) is 4.04. The Morgan fingerprint density at radius 3 is 2.70 bits per heavy atom. The molecule has 0 saturated carbocycles. The summed E-state index contributed by atoms with van der Waals surface area (Å²) in [6.07, 6.45) is 6.92. The number of halogens is 2. The highest BCUT2D eigenvalue weighted by Gasteiger charge is 2.29. The molecule has 1 aromatic carbocycles. The second-order valence-electron chi connectivity index (χ2n) is 5.76. The third kappa shape index (κ3) is 3.31. The van der Waals surface area contributed by atoms with E-state index in [1.807, 2.05) is 43.8 Å². The van der Waals surface area contributed by atoms with Crippen LogP contribution in [0.1, 0.15) is 11.4 Å². The van der Waals surface area contributed by atoms with Crippen LogP contribution >= 0.6 is 34.5 Å². The first-order valence-corrected chi connectivity index (χ1v) is 8.80. The number of rotatable bonds is 3. The van der Waals surface area contributed by atoms with E-state index in [0.717, 1.165) is 28.4 Å². The lowest BCUT2D eigenvalue weighted by Crippen LogP contribution is -2.35. The minimum Gasteiger partial charge on any atom is -0.378 e. The van der Waals surface area contributed by atoms with E-state index in [9.17, 15) is 0 Å². The first-order valence-electron chi connectivity index (χ1n) is 7.16. The van der Waals surface area contributed by atoms with E-state index in [4.69, 9.17) is 33.9 Å². The van der Waals surface area contributed by atoms with Gasteiger partial charge < -0.3 is 10.6 Å². The number of thiazole rings is 1. The highest BCUT2D eigenvalue weighted by atomic mass is 35.5. The lowest BCUT2D eigenvalue weighted by Gasteiger charge is -2.27. The van der Waals surface area contributed by atoms with Crippen molar-refractivity contribution in [3.05, 3.63) is 62.6 Å². The Bertz CT molecular complexity index is 795. The molecular formula is C17H17Cl2N3S. The molecule has 1 aliphatic rings. The van der Waals surface area contributed by atoms with Gasteiger partial charge >= 0.3 is 0 Å². The van der Waals surface area contributed by atoms with Crippen LogP contribution in [0, 0.1) is 0 Å². The van der Waals surface area contributed by atoms with E-state index in [1.165, 1.54) is 0 Å². The van der Waals surface area contributed by atoms with Gasteiger partial charge in [0.2, 0.25) is 0 Å². The molecule has 0 saturated heterocycles. The summed E-state index contributed by atoms with van der Waals surface area (Å²) in [6, 6.07) is 5.42. The molecule has 3 nitrogen and oxygen atoms in total. The third-order valence-corrected chi connectivity index (χ3v) is 5.41. The molecule has 3 rings (SSSR count). The Hall–Kier alpha value is -1.33. The summed E-state index contributed by atoms with van der Waals surface area (Å²) in [5, 5.41) is 4.07. The van der Waals surface area contributed by atoms with Gasteiger partial charge in [-0.15, -0.1) is 11.3 Å². The molecule has 0 aliphatic heterocycles. The minimum atomic E-state index is -0.568. The van der Waals surface area contributed by atoms with Crippen molar-refractivity contribution < 1.29 is 0 Å². The van der Waals surface area contributed by atoms with Crippen molar-refractivity contribution in [1.82, 2.24) is 9.88 Å². The smallest absolute Gasteiger partial charge is 0.117 e. The predicted molar refractivity (Wildman–Crippen MR) is 99.0 cm³/mol. The van der Waals surface area contributed by atoms with Crippen LogP contribution in [-0.2, 0) is 5.54 Å². The predicted octanol–water partition coefficient (Wildman–Crippen LogP) is 4.68. The zero-order valence-electron chi connectivity index (χ0n) is 12.9. The fraction of sp³-hybridized carbons (Fsp3) is 0.235. The molecule has 1 unspecified atom stereocenters. The Labute approximate surface area is 150 Å². The molecule has 1 aliphatic carbocycles. The van der Waals surface area contributed by atoms with Gasteiger partial charge in [-0.2, -0.15) is 0 Å². The van der Waals surface area contributed by atoms with Crippen LogP contribution in [0.4, 0.5) is 0 Å². The summed E-state index contributed by atoms with van der Waals surface area (Å²) < 4.78 is 0. The van der Waals surface area contributed by atoms with Crippen molar-refractivity contribution in [1.29, 1.82) is 0 Å². The minimum absolute atomic E-state index is 0.568. The first-order chi connectivity index (χ1) is 10.9. The molecular weight excluding hydrogens is 349 g/mol. The molecule has 120 valence electrons. The number of hydrogen-bond donors (Lipinski definition) is 1. The van der Waals surface area contributed by atoms with Crippen molar-refractivity contribution in [3.63, 3.8) is 0 Å². The average Bonchev–Trinajstić information content (AvgIpc) is 2.98.